The average molecular weight is 1830 g/mol. The molecule has 24 nitrogen and oxygen atoms in total. The van der Waals surface area contributed by atoms with Crippen molar-refractivity contribution in [1.29, 1.82) is 0 Å². The lowest BCUT2D eigenvalue weighted by Gasteiger charge is -2.58. The molecule has 6 aromatic rings. The van der Waals surface area contributed by atoms with E-state index in [1.165, 1.54) is 72.8 Å². The molecule has 17 fully saturated rings. The summed E-state index contributed by atoms with van der Waals surface area (Å²) in [6.07, 6.45) is 4.89. The molecule has 132 heavy (non-hydrogen) atoms. The molecule has 0 aromatic heterocycles. The van der Waals surface area contributed by atoms with Gasteiger partial charge in [-0.3, -0.25) is 63.1 Å². The fraction of sp³-hybridized carbons (Fsp3) is 0.592. The van der Waals surface area contributed by atoms with E-state index in [2.05, 4.69) is 127 Å². The summed E-state index contributed by atoms with van der Waals surface area (Å²) in [4.78, 5) is 108. The lowest BCUT2D eigenvalue weighted by Crippen LogP contribution is -2.71. The Labute approximate surface area is 779 Å². The summed E-state index contributed by atoms with van der Waals surface area (Å²) in [5, 5.41) is 10.2. The van der Waals surface area contributed by atoms with Gasteiger partial charge in [0.05, 0.1) is 11.8 Å². The van der Waals surface area contributed by atoms with E-state index >= 15 is 0 Å². The Kier molecular flexibility index (Phi) is 33.6. The second-order valence-corrected chi connectivity index (χ2v) is 40.7. The molecule has 12 bridgehead atoms. The average Bonchev–Trinajstić information content (AvgIpc) is 0.786. The van der Waals surface area contributed by atoms with Crippen LogP contribution in [0.4, 0.5) is 22.0 Å². The maximum absolute atomic E-state index is 13.2. The van der Waals surface area contributed by atoms with Gasteiger partial charge in [0.1, 0.15) is 41.2 Å². The number of carbonyl (C=O) groups is 6. The van der Waals surface area contributed by atoms with Crippen LogP contribution < -0.4 is 11.5 Å². The predicted molar refractivity (Wildman–Crippen MR) is 504 cm³/mol. The van der Waals surface area contributed by atoms with Crippen LogP contribution in [0.2, 0.25) is 0 Å². The Bertz CT molecular complexity index is 4640. The van der Waals surface area contributed by atoms with E-state index in [-0.39, 0.29) is 113 Å². The lowest BCUT2D eigenvalue weighted by molar-refractivity contribution is -0.166. The molecule has 17 aliphatic rings. The number of hydrogen-bond donors (Lipinski definition) is 3. The number of halogens is 5. The minimum absolute atomic E-state index is 0.0359. The number of piperidine rings is 6. The first-order chi connectivity index (χ1) is 62.8. The third kappa shape index (κ3) is 22.8. The summed E-state index contributed by atoms with van der Waals surface area (Å²) >= 11 is 0. The van der Waals surface area contributed by atoms with Gasteiger partial charge in [0.15, 0.2) is 12.2 Å². The number of likely N-dealkylation sites (tertiary alicyclic amines) is 2. The summed E-state index contributed by atoms with van der Waals surface area (Å²) < 4.78 is 70.8. The summed E-state index contributed by atoms with van der Waals surface area (Å²) in [5.41, 5.74) is 16.5. The van der Waals surface area contributed by atoms with Gasteiger partial charge < -0.3 is 55.6 Å². The van der Waals surface area contributed by atoms with E-state index in [4.69, 9.17) is 16.2 Å². The Balaban J connectivity index is 0.000000135. The van der Waals surface area contributed by atoms with E-state index in [9.17, 15) is 55.8 Å². The highest BCUT2D eigenvalue weighted by Gasteiger charge is 2.55. The van der Waals surface area contributed by atoms with Crippen LogP contribution in [0.1, 0.15) is 191 Å². The fourth-order valence-corrected chi connectivity index (χ4v) is 21.9. The second kappa shape index (κ2) is 44.0. The maximum Gasteiger partial charge on any atom is 0.256 e. The normalized spacial score (nSPS) is 26.0. The summed E-state index contributed by atoms with van der Waals surface area (Å²) in [6.45, 7) is 38.6. The van der Waals surface area contributed by atoms with Gasteiger partial charge in [0, 0.05) is 207 Å². The summed E-state index contributed by atoms with van der Waals surface area (Å²) in [7, 11) is 9.37. The van der Waals surface area contributed by atoms with Crippen LogP contribution in [0.3, 0.4) is 0 Å². The third-order valence-electron chi connectivity index (χ3n) is 29.6. The highest BCUT2D eigenvalue weighted by molar-refractivity contribution is 5.88. The van der Waals surface area contributed by atoms with Crippen molar-refractivity contribution in [2.24, 2.45) is 11.5 Å². The number of nitrogens with two attached hydrogens (primary N) is 2. The van der Waals surface area contributed by atoms with E-state index in [1.54, 1.807) is 55.6 Å². The molecule has 0 saturated carbocycles. The van der Waals surface area contributed by atoms with Gasteiger partial charge in [0.25, 0.3) is 11.8 Å². The van der Waals surface area contributed by atoms with E-state index in [1.807, 2.05) is 83.0 Å². The van der Waals surface area contributed by atoms with Gasteiger partial charge in [-0.15, -0.1) is 0 Å². The minimum atomic E-state index is -1.19. The SMILES string of the molecule is CC(C)N1CC2CC(C1)N2C(=O)C(CN(C)C)c1ccc(F)cc1.CC(C)N1CC2CC(C1)N2C(=O)C(CN)c1ccc(F)cc1.CC(C)N1CC2CC(C1)N2C(=O)C(N)c1ccc(F)cc1.CC(C)N1CC2CC(C1)N2C(=O)C(O)c1ccc(F)cc1.CC(C)N1CC2CC(C1)N2C(=O)C(c1ccc(F)cc1)N(C)C.COC(C(=O)N1C2CC1CN(C(C)C)C2)c1ccccc1. The third-order valence-corrected chi connectivity index (χ3v) is 29.6. The van der Waals surface area contributed by atoms with Crippen LogP contribution in [0.15, 0.2) is 152 Å². The molecular weight excluding hydrogens is 1680 g/mol. The molecule has 18 atom stereocenters. The molecule has 0 aliphatic carbocycles. The number of carbonyl (C=O) groups excluding carboxylic acids is 6. The summed E-state index contributed by atoms with van der Waals surface area (Å²) in [5.74, 6) is -1.84. The Hall–Kier alpha value is -8.69. The number of likely N-dealkylation sites (N-methyl/N-ethyl adjacent to an activating group) is 2. The smallest absolute Gasteiger partial charge is 0.256 e. The molecule has 18 unspecified atom stereocenters. The quantitative estimate of drug-likeness (QED) is 0.0507. The van der Waals surface area contributed by atoms with Crippen LogP contribution in [-0.4, -0.2) is 345 Å². The molecule has 17 saturated heterocycles. The molecule has 6 aromatic carbocycles. The predicted octanol–water partition coefficient (Wildman–Crippen LogP) is 11.0. The standard InChI is InChI=1S/C19H28FN3O.C18H26FN3O.C17H24FN3O.C17H24N2O2.C16H22FN3O.C16H21FN2O2/c1-13(2)22-10-16-9-17(11-22)23(16)19(24)18(12-21(3)4)14-5-7-15(20)8-6-14;1-12(2)21-10-15-9-16(11-21)22(15)18(23)17(20(3)4)13-5-7-14(19)8-6-13;1-11(2)20-9-14-7-15(10-20)21(14)17(22)16(8-19)12-3-5-13(18)6-4-12;1-12(2)18-10-14-9-15(11-18)19(14)17(20)16(21-3)13-7-5-4-6-8-13;1-10(2)19-8-13-7-14(9-19)20(13)16(21)15(18)11-3-5-12(17)6-4-11;1-10(2)18-8-13-7-14(9-18)19(13)16(21)15(20)11-3-5-12(17)6-4-11/h5-8,13,16-18H,9-12H2,1-4H3;5-8,12,15-17H,9-11H2,1-4H3;3-6,11,14-16H,7-10,19H2,1-2H3;4-8,12,14-16H,9-11H2,1-3H3;3-6,10,13-15H,7-9,18H2,1-2H3;3-6,10,13-15,20H,7-9H2,1-2H3. The molecule has 6 amide bonds. The number of methoxy groups -OCH3 is 1. The highest BCUT2D eigenvalue weighted by Crippen LogP contribution is 2.43. The largest absolute Gasteiger partial charge is 0.378 e. The number of amides is 6. The highest BCUT2D eigenvalue weighted by atomic mass is 19.1. The number of fused-ring (bicyclic) bond motifs is 12. The zero-order valence-corrected chi connectivity index (χ0v) is 80.5. The van der Waals surface area contributed by atoms with E-state index in [0.717, 1.165) is 139 Å². The van der Waals surface area contributed by atoms with Crippen molar-refractivity contribution in [3.8, 4) is 0 Å². The number of benzene rings is 6. The number of aliphatic hydroxyl groups excluding tert-OH is 1. The van der Waals surface area contributed by atoms with Crippen molar-refractivity contribution in [2.75, 3.05) is 127 Å². The van der Waals surface area contributed by atoms with Crippen LogP contribution >= 0.6 is 0 Å². The van der Waals surface area contributed by atoms with Gasteiger partial charge in [0.2, 0.25) is 23.6 Å². The number of rotatable bonds is 23. The van der Waals surface area contributed by atoms with E-state index < -0.39 is 18.2 Å². The lowest BCUT2D eigenvalue weighted by atomic mass is 9.84. The first-order valence-electron chi connectivity index (χ1n) is 48.0. The van der Waals surface area contributed by atoms with Gasteiger partial charge >= 0.3 is 0 Å². The molecule has 0 spiro atoms. The molecule has 17 heterocycles. The van der Waals surface area contributed by atoms with Crippen molar-refractivity contribution in [1.82, 2.24) is 68.6 Å². The number of piperazine rings is 6. The fourth-order valence-electron chi connectivity index (χ4n) is 21.9. The molecular formula is C103H145F5N16O8. The number of hydrogen-bond acceptors (Lipinski definition) is 18. The molecule has 0 radical (unpaired) electrons. The maximum atomic E-state index is 13.2. The van der Waals surface area contributed by atoms with E-state index in [0.29, 0.717) is 102 Å². The second-order valence-electron chi connectivity index (χ2n) is 40.7. The van der Waals surface area contributed by atoms with Crippen LogP contribution in [-0.2, 0) is 33.5 Å². The van der Waals surface area contributed by atoms with Crippen LogP contribution in [0.5, 0.6) is 0 Å². The first-order valence-corrected chi connectivity index (χ1v) is 48.0. The Morgan fingerprint density at radius 3 is 0.864 bits per heavy atom. The Morgan fingerprint density at radius 1 is 0.333 bits per heavy atom. The van der Waals surface area contributed by atoms with Gasteiger partial charge in [-0.2, -0.15) is 0 Å². The zero-order valence-electron chi connectivity index (χ0n) is 80.5. The van der Waals surface area contributed by atoms with Crippen LogP contribution in [0, 0.1) is 29.1 Å². The zero-order chi connectivity index (χ0) is 95.3. The van der Waals surface area contributed by atoms with Crippen molar-refractivity contribution >= 4 is 35.4 Å². The monoisotopic (exact) mass is 1830 g/mol. The van der Waals surface area contributed by atoms with Crippen molar-refractivity contribution in [2.45, 2.75) is 266 Å². The summed E-state index contributed by atoms with van der Waals surface area (Å²) in [6, 6.07) is 45.6. The molecule has 17 aliphatic heterocycles. The first kappa shape index (κ1) is 101. The van der Waals surface area contributed by atoms with Gasteiger partial charge in [-0.25, -0.2) is 22.0 Å². The van der Waals surface area contributed by atoms with Crippen molar-refractivity contribution in [3.05, 3.63) is 214 Å². The minimum Gasteiger partial charge on any atom is -0.378 e. The van der Waals surface area contributed by atoms with Crippen molar-refractivity contribution in [3.63, 3.8) is 0 Å². The topological polar surface area (TPSA) is 229 Å². The molecule has 720 valence electrons. The van der Waals surface area contributed by atoms with Gasteiger partial charge in [-0.05, 0) is 244 Å². The van der Waals surface area contributed by atoms with Crippen LogP contribution in [0.25, 0.3) is 0 Å². The van der Waals surface area contributed by atoms with Crippen molar-refractivity contribution < 1.29 is 60.6 Å². The number of aliphatic hydroxyl groups is 1. The molecule has 23 rings (SSSR count). The number of ether oxygens (including phenoxy) is 1. The molecule has 29 heteroatoms. The number of nitrogens with zero attached hydrogens (tertiary/aromatic N) is 14. The van der Waals surface area contributed by atoms with Gasteiger partial charge in [-0.1, -0.05) is 91.0 Å². The Morgan fingerprint density at radius 2 is 0.583 bits per heavy atom. The molecule has 5 N–H and O–H groups in total.